The summed E-state index contributed by atoms with van der Waals surface area (Å²) < 4.78 is 10.4. The molecule has 7 heteroatoms. The van der Waals surface area contributed by atoms with Gasteiger partial charge in [-0.15, -0.1) is 0 Å². The van der Waals surface area contributed by atoms with Crippen LogP contribution in [0.4, 0.5) is 4.79 Å². The summed E-state index contributed by atoms with van der Waals surface area (Å²) in [6, 6.07) is 6.95. The molecule has 1 rings (SSSR count). The van der Waals surface area contributed by atoms with Gasteiger partial charge in [-0.2, -0.15) is 0 Å². The van der Waals surface area contributed by atoms with Crippen LogP contribution in [0.1, 0.15) is 12.0 Å². The molecule has 0 unspecified atom stereocenters. The maximum absolute atomic E-state index is 11.4. The molecule has 1 aromatic rings. The predicted molar refractivity (Wildman–Crippen MR) is 76.3 cm³/mol. The van der Waals surface area contributed by atoms with Crippen LogP contribution in [0.15, 0.2) is 24.3 Å². The number of urea groups is 1. The lowest BCUT2D eigenvalue weighted by Crippen LogP contribution is -2.36. The minimum Gasteiger partial charge on any atom is -0.491 e. The standard InChI is InChI=1S/C14H20N2O5/c1-20-7-8-21-12-4-2-3-11(9-12)10-16-14(19)15-6-5-13(17)18/h2-4,9H,5-8,10H2,1H3,(H,17,18)(H2,15,16,19). The van der Waals surface area contributed by atoms with E-state index in [1.165, 1.54) is 0 Å². The van der Waals surface area contributed by atoms with Crippen LogP contribution in [0.3, 0.4) is 0 Å². The number of ether oxygens (including phenoxy) is 2. The van der Waals surface area contributed by atoms with Crippen molar-refractivity contribution in [3.8, 4) is 5.75 Å². The zero-order chi connectivity index (χ0) is 15.5. The Morgan fingerprint density at radius 1 is 1.24 bits per heavy atom. The molecule has 0 aliphatic carbocycles. The second-order valence-electron chi connectivity index (χ2n) is 4.24. The van der Waals surface area contributed by atoms with Crippen molar-refractivity contribution in [3.63, 3.8) is 0 Å². The Balaban J connectivity index is 2.32. The number of carboxylic acids is 1. The maximum Gasteiger partial charge on any atom is 0.315 e. The van der Waals surface area contributed by atoms with Crippen LogP contribution in [0.5, 0.6) is 5.75 Å². The van der Waals surface area contributed by atoms with E-state index >= 15 is 0 Å². The molecule has 3 N–H and O–H groups in total. The van der Waals surface area contributed by atoms with E-state index in [4.69, 9.17) is 14.6 Å². The fourth-order valence-electron chi connectivity index (χ4n) is 1.52. The predicted octanol–water partition coefficient (Wildman–Crippen LogP) is 0.986. The van der Waals surface area contributed by atoms with Gasteiger partial charge in [-0.3, -0.25) is 4.79 Å². The third-order valence-electron chi connectivity index (χ3n) is 2.53. The van der Waals surface area contributed by atoms with Crippen molar-refractivity contribution in [2.24, 2.45) is 0 Å². The molecule has 0 heterocycles. The molecule has 1 aromatic carbocycles. The van der Waals surface area contributed by atoms with Gasteiger partial charge in [0.15, 0.2) is 0 Å². The smallest absolute Gasteiger partial charge is 0.315 e. The number of methoxy groups -OCH3 is 1. The molecule has 0 bridgehead atoms. The lowest BCUT2D eigenvalue weighted by atomic mass is 10.2. The van der Waals surface area contributed by atoms with Crippen molar-refractivity contribution >= 4 is 12.0 Å². The quantitative estimate of drug-likeness (QED) is 0.590. The average Bonchev–Trinajstić information content (AvgIpc) is 2.45. The molecule has 7 nitrogen and oxygen atoms in total. The van der Waals surface area contributed by atoms with Gasteiger partial charge >= 0.3 is 12.0 Å². The van der Waals surface area contributed by atoms with E-state index in [1.807, 2.05) is 24.3 Å². The van der Waals surface area contributed by atoms with Crippen LogP contribution < -0.4 is 15.4 Å². The van der Waals surface area contributed by atoms with E-state index < -0.39 is 12.0 Å². The first-order valence-electron chi connectivity index (χ1n) is 6.56. The Bertz CT molecular complexity index is 464. The lowest BCUT2D eigenvalue weighted by molar-refractivity contribution is -0.136. The molecule has 0 saturated carbocycles. The molecule has 0 atom stereocenters. The molecular formula is C14H20N2O5. The van der Waals surface area contributed by atoms with Crippen molar-refractivity contribution in [3.05, 3.63) is 29.8 Å². The summed E-state index contributed by atoms with van der Waals surface area (Å²) in [5, 5.41) is 13.6. The van der Waals surface area contributed by atoms with Gasteiger partial charge in [0.1, 0.15) is 12.4 Å². The first kappa shape index (κ1) is 16.8. The second-order valence-corrected chi connectivity index (χ2v) is 4.24. The normalized spacial score (nSPS) is 9.95. The van der Waals surface area contributed by atoms with Crippen LogP contribution >= 0.6 is 0 Å². The number of nitrogens with one attached hydrogen (secondary N) is 2. The van der Waals surface area contributed by atoms with E-state index in [2.05, 4.69) is 10.6 Å². The van der Waals surface area contributed by atoms with Crippen LogP contribution in [0.2, 0.25) is 0 Å². The van der Waals surface area contributed by atoms with Crippen LogP contribution in [0, 0.1) is 0 Å². The number of benzene rings is 1. The number of carboxylic acid groups (broad SMARTS) is 1. The first-order valence-corrected chi connectivity index (χ1v) is 6.56. The summed E-state index contributed by atoms with van der Waals surface area (Å²) in [7, 11) is 1.60. The summed E-state index contributed by atoms with van der Waals surface area (Å²) >= 11 is 0. The highest BCUT2D eigenvalue weighted by Gasteiger charge is 2.03. The van der Waals surface area contributed by atoms with E-state index in [1.54, 1.807) is 7.11 Å². The van der Waals surface area contributed by atoms with E-state index in [-0.39, 0.29) is 13.0 Å². The number of aliphatic carboxylic acids is 1. The van der Waals surface area contributed by atoms with Crippen molar-refractivity contribution in [1.29, 1.82) is 0 Å². The highest BCUT2D eigenvalue weighted by molar-refractivity contribution is 5.74. The second kappa shape index (κ2) is 9.60. The fraction of sp³-hybridized carbons (Fsp3) is 0.429. The van der Waals surface area contributed by atoms with E-state index in [0.29, 0.717) is 25.5 Å². The number of carbonyl (C=O) groups excluding carboxylic acids is 1. The van der Waals surface area contributed by atoms with E-state index in [9.17, 15) is 9.59 Å². The molecule has 0 fully saturated rings. The minimum atomic E-state index is -0.948. The Labute approximate surface area is 123 Å². The monoisotopic (exact) mass is 296 g/mol. The van der Waals surface area contributed by atoms with Gasteiger partial charge in [-0.25, -0.2) is 4.79 Å². The number of amides is 2. The van der Waals surface area contributed by atoms with Gasteiger partial charge in [0, 0.05) is 20.2 Å². The van der Waals surface area contributed by atoms with Gasteiger partial charge in [0.05, 0.1) is 13.0 Å². The number of hydrogen-bond acceptors (Lipinski definition) is 4. The third kappa shape index (κ3) is 7.78. The highest BCUT2D eigenvalue weighted by Crippen LogP contribution is 2.13. The summed E-state index contributed by atoms with van der Waals surface area (Å²) in [4.78, 5) is 21.7. The fourth-order valence-corrected chi connectivity index (χ4v) is 1.52. The van der Waals surface area contributed by atoms with Gasteiger partial charge in [0.2, 0.25) is 0 Å². The number of rotatable bonds is 9. The molecule has 21 heavy (non-hydrogen) atoms. The van der Waals surface area contributed by atoms with Gasteiger partial charge in [-0.05, 0) is 17.7 Å². The average molecular weight is 296 g/mol. The highest BCUT2D eigenvalue weighted by atomic mass is 16.5. The molecule has 0 saturated heterocycles. The lowest BCUT2D eigenvalue weighted by Gasteiger charge is -2.09. The van der Waals surface area contributed by atoms with Crippen LogP contribution in [-0.4, -0.2) is 44.0 Å². The Morgan fingerprint density at radius 2 is 2.05 bits per heavy atom. The maximum atomic E-state index is 11.4. The minimum absolute atomic E-state index is 0.0985. The van der Waals surface area contributed by atoms with Gasteiger partial charge < -0.3 is 25.2 Å². The molecule has 0 radical (unpaired) electrons. The molecule has 0 aliphatic rings. The van der Waals surface area contributed by atoms with Crippen molar-refractivity contribution in [2.75, 3.05) is 26.9 Å². The molecule has 2 amide bonds. The molecule has 116 valence electrons. The summed E-state index contributed by atoms with van der Waals surface area (Å²) in [5.41, 5.74) is 0.887. The zero-order valence-corrected chi connectivity index (χ0v) is 11.9. The van der Waals surface area contributed by atoms with Gasteiger partial charge in [-0.1, -0.05) is 12.1 Å². The van der Waals surface area contributed by atoms with Crippen LogP contribution in [0.25, 0.3) is 0 Å². The zero-order valence-electron chi connectivity index (χ0n) is 11.9. The molecular weight excluding hydrogens is 276 g/mol. The van der Waals surface area contributed by atoms with Crippen molar-refractivity contribution < 1.29 is 24.2 Å². The number of hydrogen-bond donors (Lipinski definition) is 3. The SMILES string of the molecule is COCCOc1cccc(CNC(=O)NCCC(=O)O)c1. The molecule has 0 spiro atoms. The topological polar surface area (TPSA) is 96.9 Å². The van der Waals surface area contributed by atoms with Crippen molar-refractivity contribution in [2.45, 2.75) is 13.0 Å². The largest absolute Gasteiger partial charge is 0.491 e. The summed E-state index contributed by atoms with van der Waals surface area (Å²) in [5.74, 6) is -0.242. The molecule has 0 aromatic heterocycles. The Kier molecular flexibility index (Phi) is 7.67. The van der Waals surface area contributed by atoms with Gasteiger partial charge in [0.25, 0.3) is 0 Å². The van der Waals surface area contributed by atoms with Crippen LogP contribution in [-0.2, 0) is 16.1 Å². The van der Waals surface area contributed by atoms with Crippen molar-refractivity contribution in [1.82, 2.24) is 10.6 Å². The Hall–Kier alpha value is -2.28. The third-order valence-corrected chi connectivity index (χ3v) is 2.53. The molecule has 0 aliphatic heterocycles. The van der Waals surface area contributed by atoms with E-state index in [0.717, 1.165) is 5.56 Å². The summed E-state index contributed by atoms with van der Waals surface area (Å²) in [6.07, 6.45) is -0.101. The Morgan fingerprint density at radius 3 is 2.76 bits per heavy atom. The number of carbonyl (C=O) groups is 2. The first-order chi connectivity index (χ1) is 10.1. The summed E-state index contributed by atoms with van der Waals surface area (Å²) in [6.45, 7) is 1.40.